The molecule has 0 aromatic rings. The van der Waals surface area contributed by atoms with E-state index in [1.54, 1.807) is 11.4 Å². The molecular formula is C14H29N3O3S. The number of ether oxygens (including phenoxy) is 1. The van der Waals surface area contributed by atoms with Gasteiger partial charge in [0, 0.05) is 26.7 Å². The Kier molecular flexibility index (Phi) is 6.43. The van der Waals surface area contributed by atoms with Crippen molar-refractivity contribution in [3.8, 4) is 0 Å². The third-order valence-electron chi connectivity index (χ3n) is 4.45. The van der Waals surface area contributed by atoms with Crippen molar-refractivity contribution in [2.75, 3.05) is 46.4 Å². The maximum absolute atomic E-state index is 12.7. The van der Waals surface area contributed by atoms with E-state index < -0.39 is 10.2 Å². The van der Waals surface area contributed by atoms with Crippen LogP contribution in [0.1, 0.15) is 32.6 Å². The summed E-state index contributed by atoms with van der Waals surface area (Å²) in [5.74, 6) is 0.424. The lowest BCUT2D eigenvalue weighted by molar-refractivity contribution is 0.176. The minimum absolute atomic E-state index is 0.00593. The minimum Gasteiger partial charge on any atom is -0.380 e. The molecular weight excluding hydrogens is 290 g/mol. The van der Waals surface area contributed by atoms with Crippen LogP contribution in [0.4, 0.5) is 0 Å². The molecule has 0 saturated carbocycles. The Labute approximate surface area is 129 Å². The van der Waals surface area contributed by atoms with E-state index in [9.17, 15) is 8.42 Å². The highest BCUT2D eigenvalue weighted by Crippen LogP contribution is 2.23. The first-order valence-corrected chi connectivity index (χ1v) is 9.47. The fourth-order valence-corrected chi connectivity index (χ4v) is 4.73. The topological polar surface area (TPSA) is 61.9 Å². The predicted octanol–water partition coefficient (Wildman–Crippen LogP) is 0.664. The smallest absolute Gasteiger partial charge is 0.282 e. The second kappa shape index (κ2) is 7.87. The lowest BCUT2D eigenvalue weighted by Crippen LogP contribution is -2.51. The van der Waals surface area contributed by atoms with Gasteiger partial charge in [0.25, 0.3) is 10.2 Å². The molecule has 0 bridgehead atoms. The van der Waals surface area contributed by atoms with Crippen molar-refractivity contribution in [1.82, 2.24) is 13.9 Å². The number of likely N-dealkylation sites (N-methyl/N-ethyl adjacent to an activating group) is 1. The Balaban J connectivity index is 1.92. The van der Waals surface area contributed by atoms with Gasteiger partial charge in [0.15, 0.2) is 0 Å². The molecule has 0 aromatic heterocycles. The maximum Gasteiger partial charge on any atom is 0.282 e. The Morgan fingerprint density at radius 2 is 2.19 bits per heavy atom. The number of nitrogens with one attached hydrogen (secondary N) is 1. The fourth-order valence-electron chi connectivity index (χ4n) is 3.07. The van der Waals surface area contributed by atoms with Crippen LogP contribution in [0.25, 0.3) is 0 Å². The number of rotatable bonds is 7. The van der Waals surface area contributed by atoms with E-state index >= 15 is 0 Å². The molecule has 2 atom stereocenters. The molecule has 2 rings (SSSR count). The molecule has 0 aromatic carbocycles. The second-order valence-corrected chi connectivity index (χ2v) is 8.10. The van der Waals surface area contributed by atoms with Crippen LogP contribution in [0.3, 0.4) is 0 Å². The van der Waals surface area contributed by atoms with Gasteiger partial charge in [0.2, 0.25) is 0 Å². The highest BCUT2D eigenvalue weighted by atomic mass is 32.2. The summed E-state index contributed by atoms with van der Waals surface area (Å²) in [5.41, 5.74) is 0. The summed E-state index contributed by atoms with van der Waals surface area (Å²) in [6, 6.07) is -0.00593. The Bertz CT molecular complexity index is 410. The standard InChI is InChI=1S/C14H29N3O3S/c1-3-7-15-10-13-5-4-8-17(11-13)21(18,19)16(2)14-6-9-20-12-14/h13-15H,3-12H2,1-2H3. The van der Waals surface area contributed by atoms with Crippen molar-refractivity contribution in [3.63, 3.8) is 0 Å². The molecule has 124 valence electrons. The van der Waals surface area contributed by atoms with Gasteiger partial charge in [-0.2, -0.15) is 17.0 Å². The van der Waals surface area contributed by atoms with Crippen molar-refractivity contribution in [3.05, 3.63) is 0 Å². The first-order chi connectivity index (χ1) is 10.1. The van der Waals surface area contributed by atoms with Crippen LogP contribution in [0.2, 0.25) is 0 Å². The van der Waals surface area contributed by atoms with E-state index in [4.69, 9.17) is 4.74 Å². The van der Waals surface area contributed by atoms with Crippen LogP contribution in [0.5, 0.6) is 0 Å². The first-order valence-electron chi connectivity index (χ1n) is 8.07. The van der Waals surface area contributed by atoms with E-state index in [-0.39, 0.29) is 6.04 Å². The lowest BCUT2D eigenvalue weighted by atomic mass is 10.00. The summed E-state index contributed by atoms with van der Waals surface area (Å²) in [7, 11) is -1.66. The van der Waals surface area contributed by atoms with Gasteiger partial charge in [-0.3, -0.25) is 0 Å². The van der Waals surface area contributed by atoms with E-state index in [1.807, 2.05) is 0 Å². The molecule has 2 aliphatic rings. The molecule has 0 aliphatic carbocycles. The van der Waals surface area contributed by atoms with E-state index in [1.165, 1.54) is 4.31 Å². The summed E-state index contributed by atoms with van der Waals surface area (Å²) in [6.07, 6.45) is 3.97. The van der Waals surface area contributed by atoms with E-state index in [2.05, 4.69) is 12.2 Å². The molecule has 2 aliphatic heterocycles. The average molecular weight is 319 g/mol. The van der Waals surface area contributed by atoms with Gasteiger partial charge in [-0.15, -0.1) is 0 Å². The molecule has 7 heteroatoms. The van der Waals surface area contributed by atoms with Gasteiger partial charge in [-0.25, -0.2) is 0 Å². The zero-order valence-corrected chi connectivity index (χ0v) is 14.1. The van der Waals surface area contributed by atoms with E-state index in [0.717, 1.165) is 38.8 Å². The molecule has 21 heavy (non-hydrogen) atoms. The normalized spacial score (nSPS) is 28.3. The molecule has 2 unspecified atom stereocenters. The third-order valence-corrected chi connectivity index (χ3v) is 6.46. The first kappa shape index (κ1) is 17.1. The van der Waals surface area contributed by atoms with Crippen molar-refractivity contribution >= 4 is 10.2 Å². The largest absolute Gasteiger partial charge is 0.380 e. The molecule has 0 amide bonds. The van der Waals surface area contributed by atoms with Gasteiger partial charge >= 0.3 is 0 Å². The highest BCUT2D eigenvalue weighted by molar-refractivity contribution is 7.86. The molecule has 2 heterocycles. The monoisotopic (exact) mass is 319 g/mol. The molecule has 0 radical (unpaired) electrons. The summed E-state index contributed by atoms with van der Waals surface area (Å²) in [4.78, 5) is 0. The number of piperidine rings is 1. The molecule has 2 saturated heterocycles. The average Bonchev–Trinajstić information content (AvgIpc) is 3.01. The Morgan fingerprint density at radius 1 is 1.38 bits per heavy atom. The zero-order chi connectivity index (χ0) is 15.3. The number of hydrogen-bond acceptors (Lipinski definition) is 4. The number of nitrogens with zero attached hydrogens (tertiary/aromatic N) is 2. The molecule has 0 spiro atoms. The third kappa shape index (κ3) is 4.39. The molecule has 2 fully saturated rings. The Hall–Kier alpha value is -0.210. The van der Waals surface area contributed by atoms with Crippen LogP contribution in [-0.2, 0) is 14.9 Å². The maximum atomic E-state index is 12.7. The van der Waals surface area contributed by atoms with Crippen molar-refractivity contribution in [2.45, 2.75) is 38.6 Å². The summed E-state index contributed by atoms with van der Waals surface area (Å²) < 4.78 is 33.9. The lowest BCUT2D eigenvalue weighted by Gasteiger charge is -2.36. The van der Waals surface area contributed by atoms with Gasteiger partial charge in [-0.1, -0.05) is 6.92 Å². The van der Waals surface area contributed by atoms with Crippen molar-refractivity contribution in [2.24, 2.45) is 5.92 Å². The van der Waals surface area contributed by atoms with Crippen LogP contribution < -0.4 is 5.32 Å². The summed E-state index contributed by atoms with van der Waals surface area (Å²) in [5, 5.41) is 3.41. The van der Waals surface area contributed by atoms with Crippen LogP contribution in [0.15, 0.2) is 0 Å². The Morgan fingerprint density at radius 3 is 2.86 bits per heavy atom. The summed E-state index contributed by atoms with van der Waals surface area (Å²) >= 11 is 0. The SMILES string of the molecule is CCCNCC1CCCN(S(=O)(=O)N(C)C2CCOC2)C1. The van der Waals surface area contributed by atoms with Crippen LogP contribution in [0, 0.1) is 5.92 Å². The van der Waals surface area contributed by atoms with Gasteiger partial charge in [0.05, 0.1) is 12.6 Å². The zero-order valence-electron chi connectivity index (χ0n) is 13.3. The van der Waals surface area contributed by atoms with Gasteiger partial charge in [0.1, 0.15) is 0 Å². The minimum atomic E-state index is -3.35. The quantitative estimate of drug-likeness (QED) is 0.701. The van der Waals surface area contributed by atoms with E-state index in [0.29, 0.717) is 32.2 Å². The number of hydrogen-bond donors (Lipinski definition) is 1. The second-order valence-electron chi connectivity index (χ2n) is 6.11. The van der Waals surface area contributed by atoms with Gasteiger partial charge < -0.3 is 10.1 Å². The van der Waals surface area contributed by atoms with Crippen LogP contribution in [-0.4, -0.2) is 69.5 Å². The van der Waals surface area contributed by atoms with Crippen molar-refractivity contribution < 1.29 is 13.2 Å². The fraction of sp³-hybridized carbons (Fsp3) is 1.00. The molecule has 6 nitrogen and oxygen atoms in total. The highest BCUT2D eigenvalue weighted by Gasteiger charge is 2.36. The van der Waals surface area contributed by atoms with Gasteiger partial charge in [-0.05, 0) is 44.7 Å². The van der Waals surface area contributed by atoms with Crippen LogP contribution >= 0.6 is 0 Å². The summed E-state index contributed by atoms with van der Waals surface area (Å²) in [6.45, 7) is 6.52. The van der Waals surface area contributed by atoms with Crippen molar-refractivity contribution in [1.29, 1.82) is 0 Å². The predicted molar refractivity (Wildman–Crippen MR) is 83.4 cm³/mol. The molecule has 1 N–H and O–H groups in total.